The standard InChI is InChI=1S/C19H19FN6O4/c1-10(17-24-16(25-30-17)12-3-5-13(20)6-4-12)22-18-21-8-7-15(23-18)26-14(11(2)27)9-29-19(26)28/h3-8,10-11,14,27H,9H2,1-2H3,(H,21,22,23)/t10-,11-,14-/m1/s1. The van der Waals surface area contributed by atoms with Crippen LogP contribution in [-0.2, 0) is 4.74 Å². The van der Waals surface area contributed by atoms with Gasteiger partial charge in [0.1, 0.15) is 30.3 Å². The second-order valence-electron chi connectivity index (χ2n) is 6.82. The van der Waals surface area contributed by atoms with Crippen LogP contribution in [0.5, 0.6) is 0 Å². The topological polar surface area (TPSA) is 127 Å². The minimum atomic E-state index is -0.787. The number of aromatic nitrogens is 4. The molecular formula is C19H19FN6O4. The summed E-state index contributed by atoms with van der Waals surface area (Å²) in [6.07, 6.45) is 0.115. The molecule has 1 aromatic carbocycles. The summed E-state index contributed by atoms with van der Waals surface area (Å²) >= 11 is 0. The molecule has 2 N–H and O–H groups in total. The molecule has 10 nitrogen and oxygen atoms in total. The Morgan fingerprint density at radius 3 is 2.73 bits per heavy atom. The van der Waals surface area contributed by atoms with Crippen molar-refractivity contribution in [3.8, 4) is 11.4 Å². The molecule has 0 spiro atoms. The molecule has 30 heavy (non-hydrogen) atoms. The molecule has 3 atom stereocenters. The quantitative estimate of drug-likeness (QED) is 0.625. The van der Waals surface area contributed by atoms with Gasteiger partial charge in [-0.15, -0.1) is 0 Å². The van der Waals surface area contributed by atoms with Gasteiger partial charge >= 0.3 is 6.09 Å². The van der Waals surface area contributed by atoms with E-state index in [-0.39, 0.29) is 24.3 Å². The van der Waals surface area contributed by atoms with Crippen molar-refractivity contribution in [2.45, 2.75) is 32.0 Å². The highest BCUT2D eigenvalue weighted by Crippen LogP contribution is 2.25. The minimum absolute atomic E-state index is 0.0772. The first-order valence-corrected chi connectivity index (χ1v) is 9.25. The van der Waals surface area contributed by atoms with Gasteiger partial charge in [-0.3, -0.25) is 4.90 Å². The molecule has 0 unspecified atom stereocenters. The summed E-state index contributed by atoms with van der Waals surface area (Å²) in [5.74, 6) is 0.782. The van der Waals surface area contributed by atoms with E-state index in [0.717, 1.165) is 0 Å². The largest absolute Gasteiger partial charge is 0.447 e. The van der Waals surface area contributed by atoms with Crippen LogP contribution in [-0.4, -0.2) is 50.1 Å². The third-order valence-electron chi connectivity index (χ3n) is 4.61. The van der Waals surface area contributed by atoms with E-state index in [4.69, 9.17) is 9.26 Å². The van der Waals surface area contributed by atoms with E-state index in [1.165, 1.54) is 23.2 Å². The van der Waals surface area contributed by atoms with E-state index in [9.17, 15) is 14.3 Å². The summed E-state index contributed by atoms with van der Waals surface area (Å²) in [4.78, 5) is 26.2. The molecule has 2 aromatic heterocycles. The molecule has 3 aromatic rings. The van der Waals surface area contributed by atoms with Crippen molar-refractivity contribution in [2.24, 2.45) is 0 Å². The van der Waals surface area contributed by atoms with Gasteiger partial charge in [0.05, 0.1) is 6.10 Å². The third-order valence-corrected chi connectivity index (χ3v) is 4.61. The van der Waals surface area contributed by atoms with Crippen molar-refractivity contribution in [1.29, 1.82) is 0 Å². The molecular weight excluding hydrogens is 395 g/mol. The van der Waals surface area contributed by atoms with Gasteiger partial charge < -0.3 is 19.7 Å². The van der Waals surface area contributed by atoms with Crippen molar-refractivity contribution in [3.63, 3.8) is 0 Å². The lowest BCUT2D eigenvalue weighted by Crippen LogP contribution is -2.41. The molecule has 0 radical (unpaired) electrons. The van der Waals surface area contributed by atoms with Crippen LogP contribution in [0.2, 0.25) is 0 Å². The zero-order valence-corrected chi connectivity index (χ0v) is 16.2. The number of hydrogen-bond donors (Lipinski definition) is 2. The van der Waals surface area contributed by atoms with Gasteiger partial charge in [-0.2, -0.15) is 9.97 Å². The molecule has 1 saturated heterocycles. The van der Waals surface area contributed by atoms with Gasteiger partial charge in [-0.05, 0) is 44.2 Å². The van der Waals surface area contributed by atoms with Crippen molar-refractivity contribution in [1.82, 2.24) is 20.1 Å². The molecule has 1 aliphatic heterocycles. The van der Waals surface area contributed by atoms with E-state index < -0.39 is 24.3 Å². The van der Waals surface area contributed by atoms with Crippen LogP contribution in [0.25, 0.3) is 11.4 Å². The van der Waals surface area contributed by atoms with Crippen LogP contribution in [0.4, 0.5) is 21.0 Å². The van der Waals surface area contributed by atoms with Gasteiger partial charge in [-0.1, -0.05) is 5.16 Å². The number of ether oxygens (including phenoxy) is 1. The molecule has 0 aliphatic carbocycles. The number of nitrogens with zero attached hydrogens (tertiary/aromatic N) is 5. The van der Waals surface area contributed by atoms with Gasteiger partial charge in [0.2, 0.25) is 17.7 Å². The Balaban J connectivity index is 1.50. The monoisotopic (exact) mass is 414 g/mol. The van der Waals surface area contributed by atoms with E-state index >= 15 is 0 Å². The van der Waals surface area contributed by atoms with Gasteiger partial charge in [0.25, 0.3) is 0 Å². The Morgan fingerprint density at radius 1 is 1.23 bits per heavy atom. The average molecular weight is 414 g/mol. The summed E-state index contributed by atoms with van der Waals surface area (Å²) in [5, 5.41) is 16.8. The highest BCUT2D eigenvalue weighted by molar-refractivity contribution is 5.89. The van der Waals surface area contributed by atoms with Crippen LogP contribution in [0, 0.1) is 5.82 Å². The number of hydrogen-bond acceptors (Lipinski definition) is 9. The zero-order valence-electron chi connectivity index (χ0n) is 16.2. The van der Waals surface area contributed by atoms with Crippen LogP contribution >= 0.6 is 0 Å². The number of carbonyl (C=O) groups excluding carboxylic acids is 1. The fourth-order valence-electron chi connectivity index (χ4n) is 2.99. The Morgan fingerprint density at radius 2 is 2.00 bits per heavy atom. The number of nitrogens with one attached hydrogen (secondary N) is 1. The first kappa shape index (κ1) is 19.7. The number of aliphatic hydroxyl groups excluding tert-OH is 1. The average Bonchev–Trinajstić information content (AvgIpc) is 3.36. The number of rotatable bonds is 6. The molecule has 156 valence electrons. The molecule has 0 saturated carbocycles. The molecule has 1 fully saturated rings. The first-order chi connectivity index (χ1) is 14.4. The maximum Gasteiger partial charge on any atom is 0.416 e. The predicted octanol–water partition coefficient (Wildman–Crippen LogP) is 2.54. The normalized spacial score (nSPS) is 18.2. The Kier molecular flexibility index (Phi) is 5.27. The molecule has 1 aliphatic rings. The fourth-order valence-corrected chi connectivity index (χ4v) is 2.99. The maximum atomic E-state index is 13.1. The SMILES string of the molecule is C[C@@H](Nc1nccc(N2C(=O)OC[C@@H]2[C@@H](C)O)n1)c1nc(-c2ccc(F)cc2)no1. The van der Waals surface area contributed by atoms with Crippen LogP contribution in [0.1, 0.15) is 25.8 Å². The molecule has 0 bridgehead atoms. The molecule has 11 heteroatoms. The summed E-state index contributed by atoms with van der Waals surface area (Å²) in [5.41, 5.74) is 0.619. The van der Waals surface area contributed by atoms with E-state index in [1.54, 1.807) is 32.0 Å². The van der Waals surface area contributed by atoms with E-state index in [2.05, 4.69) is 25.4 Å². The Hall–Kier alpha value is -3.60. The summed E-state index contributed by atoms with van der Waals surface area (Å²) in [6, 6.07) is 6.32. The number of cyclic esters (lactones) is 1. The number of aliphatic hydroxyl groups is 1. The Bertz CT molecular complexity index is 1040. The van der Waals surface area contributed by atoms with Crippen molar-refractivity contribution < 1.29 is 23.6 Å². The molecule has 4 rings (SSSR count). The van der Waals surface area contributed by atoms with Crippen LogP contribution < -0.4 is 10.2 Å². The lowest BCUT2D eigenvalue weighted by Gasteiger charge is -2.22. The number of amides is 1. The highest BCUT2D eigenvalue weighted by atomic mass is 19.1. The molecule has 1 amide bonds. The molecule has 3 heterocycles. The van der Waals surface area contributed by atoms with E-state index in [1.807, 2.05) is 0 Å². The maximum absolute atomic E-state index is 13.1. The summed E-state index contributed by atoms with van der Waals surface area (Å²) in [6.45, 7) is 3.44. The lowest BCUT2D eigenvalue weighted by atomic mass is 10.2. The third kappa shape index (κ3) is 3.92. The van der Waals surface area contributed by atoms with Crippen molar-refractivity contribution in [3.05, 3.63) is 48.2 Å². The summed E-state index contributed by atoms with van der Waals surface area (Å²) in [7, 11) is 0. The first-order valence-electron chi connectivity index (χ1n) is 9.25. The van der Waals surface area contributed by atoms with Crippen molar-refractivity contribution >= 4 is 17.9 Å². The number of carbonyl (C=O) groups is 1. The van der Waals surface area contributed by atoms with Gasteiger partial charge in [0, 0.05) is 11.8 Å². The fraction of sp³-hybridized carbons (Fsp3) is 0.316. The number of halogens is 1. The predicted molar refractivity (Wildman–Crippen MR) is 103 cm³/mol. The zero-order chi connectivity index (χ0) is 21.3. The number of benzene rings is 1. The second-order valence-corrected chi connectivity index (χ2v) is 6.82. The van der Waals surface area contributed by atoms with Crippen LogP contribution in [0.3, 0.4) is 0 Å². The lowest BCUT2D eigenvalue weighted by molar-refractivity contribution is 0.142. The smallest absolute Gasteiger partial charge is 0.416 e. The minimum Gasteiger partial charge on any atom is -0.447 e. The highest BCUT2D eigenvalue weighted by Gasteiger charge is 2.38. The van der Waals surface area contributed by atoms with E-state index in [0.29, 0.717) is 17.2 Å². The second kappa shape index (κ2) is 8.03. The Labute approximate surface area is 170 Å². The summed E-state index contributed by atoms with van der Waals surface area (Å²) < 4.78 is 23.4. The van der Waals surface area contributed by atoms with Crippen LogP contribution in [0.15, 0.2) is 41.1 Å². The van der Waals surface area contributed by atoms with Crippen molar-refractivity contribution in [2.75, 3.05) is 16.8 Å². The number of anilines is 2. The van der Waals surface area contributed by atoms with Gasteiger partial charge in [0.15, 0.2) is 0 Å². The van der Waals surface area contributed by atoms with Gasteiger partial charge in [-0.25, -0.2) is 14.2 Å².